The summed E-state index contributed by atoms with van der Waals surface area (Å²) in [6, 6.07) is 3.63. The van der Waals surface area contributed by atoms with E-state index in [1.54, 1.807) is 0 Å². The number of hydrogen-bond acceptors (Lipinski definition) is 7. The first-order chi connectivity index (χ1) is 16.7. The topological polar surface area (TPSA) is 139 Å². The first-order valence-corrected chi connectivity index (χ1v) is 11.5. The lowest BCUT2D eigenvalue weighted by Crippen LogP contribution is -2.63. The second-order valence-corrected chi connectivity index (χ2v) is 9.07. The van der Waals surface area contributed by atoms with Gasteiger partial charge in [-0.25, -0.2) is 9.97 Å². The number of nitrogens with one attached hydrogen (secondary N) is 2. The third kappa shape index (κ3) is 6.11. The molecule has 1 atom stereocenters. The molecule has 1 saturated carbocycles. The smallest absolute Gasteiger partial charge is 0.393 e. The maximum absolute atomic E-state index is 13.1. The summed E-state index contributed by atoms with van der Waals surface area (Å²) in [7, 11) is 0. The lowest BCUT2D eigenvalue weighted by atomic mass is 9.81. The number of fused-ring (bicyclic) bond motifs is 1. The molecule has 2 fully saturated rings. The highest BCUT2D eigenvalue weighted by Crippen LogP contribution is 2.33. The van der Waals surface area contributed by atoms with Gasteiger partial charge < -0.3 is 15.7 Å². The fraction of sp³-hybridized carbons (Fsp3) is 0.591. The summed E-state index contributed by atoms with van der Waals surface area (Å²) in [6.45, 7) is 1.44. The van der Waals surface area contributed by atoms with Crippen molar-refractivity contribution in [2.45, 2.75) is 50.0 Å². The van der Waals surface area contributed by atoms with Gasteiger partial charge in [0.1, 0.15) is 12.1 Å². The van der Waals surface area contributed by atoms with E-state index in [1.165, 1.54) is 12.4 Å². The number of aliphatic hydroxyl groups is 1. The Morgan fingerprint density at radius 2 is 2.00 bits per heavy atom. The van der Waals surface area contributed by atoms with Crippen LogP contribution in [0.4, 0.5) is 19.0 Å². The summed E-state index contributed by atoms with van der Waals surface area (Å²) >= 11 is 0. The number of halogens is 3. The summed E-state index contributed by atoms with van der Waals surface area (Å²) in [5.74, 6) is 0.0499. The Balaban J connectivity index is 1.22. The van der Waals surface area contributed by atoms with E-state index in [2.05, 4.69) is 35.5 Å². The molecule has 1 aromatic heterocycles. The molecule has 188 valence electrons. The van der Waals surface area contributed by atoms with E-state index >= 15 is 0 Å². The minimum Gasteiger partial charge on any atom is -0.393 e. The van der Waals surface area contributed by atoms with Crippen LogP contribution >= 0.6 is 0 Å². The van der Waals surface area contributed by atoms with Crippen molar-refractivity contribution in [2.75, 3.05) is 31.5 Å². The zero-order chi connectivity index (χ0) is 25.0. The molecular formula is C22H27F3N8O2. The van der Waals surface area contributed by atoms with Gasteiger partial charge in [-0.05, 0) is 55.3 Å². The molecule has 0 spiro atoms. The number of aliphatic hydroxyl groups excluding tert-OH is 1. The number of alkyl halides is 3. The van der Waals surface area contributed by atoms with Gasteiger partial charge in [-0.1, -0.05) is 5.11 Å². The fourth-order valence-corrected chi connectivity index (χ4v) is 4.84. The number of amides is 1. The largest absolute Gasteiger partial charge is 0.416 e. The van der Waals surface area contributed by atoms with E-state index in [1.807, 2.05) is 0 Å². The third-order valence-corrected chi connectivity index (χ3v) is 6.79. The summed E-state index contributed by atoms with van der Waals surface area (Å²) < 4.78 is 39.2. The van der Waals surface area contributed by atoms with Gasteiger partial charge in [0.05, 0.1) is 36.3 Å². The predicted octanol–water partition coefficient (Wildman–Crippen LogP) is 3.09. The molecule has 10 nitrogen and oxygen atoms in total. The standard InChI is InChI=1S/C22H27F3N8O2/c23-22(24,25)14-3-6-18-17(7-14)21(29-12-28-18)27-9-20(35)31-15-10-33(11-15)16-4-1-13(2-5-16)19(34)8-30-32-26/h3,6-7,12-13,15-16,19,34H,1-2,4-5,8-11H2,(H,31,35)(H,27,28,29)/t13-,16+,19?. The Labute approximate surface area is 199 Å². The second kappa shape index (κ2) is 10.6. The van der Waals surface area contributed by atoms with Crippen molar-refractivity contribution in [1.82, 2.24) is 20.2 Å². The van der Waals surface area contributed by atoms with Crippen LogP contribution in [0.1, 0.15) is 31.2 Å². The van der Waals surface area contributed by atoms with Crippen LogP contribution in [-0.4, -0.2) is 70.2 Å². The zero-order valence-corrected chi connectivity index (χ0v) is 18.9. The number of benzene rings is 1. The van der Waals surface area contributed by atoms with E-state index in [0.717, 1.165) is 50.9 Å². The number of azide groups is 1. The van der Waals surface area contributed by atoms with E-state index in [-0.39, 0.29) is 42.2 Å². The number of aromatic nitrogens is 2. The van der Waals surface area contributed by atoms with Crippen molar-refractivity contribution < 1.29 is 23.1 Å². The molecule has 1 unspecified atom stereocenters. The monoisotopic (exact) mass is 492 g/mol. The molecule has 35 heavy (non-hydrogen) atoms. The molecule has 1 aromatic carbocycles. The average Bonchev–Trinajstić information content (AvgIpc) is 2.82. The molecule has 2 heterocycles. The highest BCUT2D eigenvalue weighted by Gasteiger charge is 2.36. The maximum atomic E-state index is 13.1. The van der Waals surface area contributed by atoms with Crippen molar-refractivity contribution in [2.24, 2.45) is 11.0 Å². The van der Waals surface area contributed by atoms with Crippen LogP contribution in [0.25, 0.3) is 21.3 Å². The quantitative estimate of drug-likeness (QED) is 0.294. The number of nitrogens with zero attached hydrogens (tertiary/aromatic N) is 6. The van der Waals surface area contributed by atoms with Crippen molar-refractivity contribution in [1.29, 1.82) is 0 Å². The number of anilines is 1. The van der Waals surface area contributed by atoms with Gasteiger partial charge in [0, 0.05) is 29.4 Å². The molecule has 0 radical (unpaired) electrons. The lowest BCUT2D eigenvalue weighted by molar-refractivity contribution is -0.137. The first-order valence-electron chi connectivity index (χ1n) is 11.5. The van der Waals surface area contributed by atoms with Crippen molar-refractivity contribution in [3.05, 3.63) is 40.5 Å². The summed E-state index contributed by atoms with van der Waals surface area (Å²) in [5.41, 5.74) is 7.94. The molecule has 1 aliphatic carbocycles. The highest BCUT2D eigenvalue weighted by atomic mass is 19.4. The molecule has 13 heteroatoms. The second-order valence-electron chi connectivity index (χ2n) is 9.07. The van der Waals surface area contributed by atoms with Gasteiger partial charge in [0.15, 0.2) is 0 Å². The number of carbonyl (C=O) groups is 1. The van der Waals surface area contributed by atoms with Crippen molar-refractivity contribution >= 4 is 22.6 Å². The van der Waals surface area contributed by atoms with Gasteiger partial charge in [-0.2, -0.15) is 13.2 Å². The van der Waals surface area contributed by atoms with E-state index < -0.39 is 17.8 Å². The van der Waals surface area contributed by atoms with Gasteiger partial charge in [-0.15, -0.1) is 0 Å². The third-order valence-electron chi connectivity index (χ3n) is 6.79. The Bertz CT molecular complexity index is 1090. The number of rotatable bonds is 8. The van der Waals surface area contributed by atoms with Crippen LogP contribution in [0.2, 0.25) is 0 Å². The van der Waals surface area contributed by atoms with Gasteiger partial charge in [-0.3, -0.25) is 9.69 Å². The number of carbonyl (C=O) groups excluding carboxylic acids is 1. The van der Waals surface area contributed by atoms with E-state index in [4.69, 9.17) is 5.53 Å². The predicted molar refractivity (Wildman–Crippen MR) is 122 cm³/mol. The van der Waals surface area contributed by atoms with Gasteiger partial charge >= 0.3 is 6.18 Å². The van der Waals surface area contributed by atoms with Gasteiger partial charge in [0.2, 0.25) is 5.91 Å². The highest BCUT2D eigenvalue weighted by molar-refractivity contribution is 5.91. The number of likely N-dealkylation sites (tertiary alicyclic amines) is 1. The zero-order valence-electron chi connectivity index (χ0n) is 18.9. The van der Waals surface area contributed by atoms with E-state index in [0.29, 0.717) is 11.6 Å². The Kier molecular flexibility index (Phi) is 7.58. The molecule has 1 amide bonds. The molecule has 2 aliphatic rings. The fourth-order valence-electron chi connectivity index (χ4n) is 4.84. The van der Waals surface area contributed by atoms with Crippen LogP contribution in [-0.2, 0) is 11.0 Å². The van der Waals surface area contributed by atoms with Gasteiger partial charge in [0.25, 0.3) is 0 Å². The molecule has 1 saturated heterocycles. The molecule has 4 rings (SSSR count). The van der Waals surface area contributed by atoms with Crippen LogP contribution in [0.5, 0.6) is 0 Å². The lowest BCUT2D eigenvalue weighted by Gasteiger charge is -2.47. The van der Waals surface area contributed by atoms with Crippen LogP contribution in [0.15, 0.2) is 29.6 Å². The van der Waals surface area contributed by atoms with Crippen molar-refractivity contribution in [3.8, 4) is 0 Å². The molecule has 0 bridgehead atoms. The first kappa shape index (κ1) is 25.0. The number of hydrogen-bond donors (Lipinski definition) is 3. The Hall–Kier alpha value is -3.15. The SMILES string of the molecule is [N-]=[N+]=NCC(O)[C@H]1CC[C@@H](N2CC(NC(=O)CNc3ncnc4ccc(C(F)(F)F)cc34)C2)CC1. The molecule has 1 aliphatic heterocycles. The Morgan fingerprint density at radius 3 is 2.69 bits per heavy atom. The van der Waals surface area contributed by atoms with Crippen LogP contribution in [0.3, 0.4) is 0 Å². The molecule has 3 N–H and O–H groups in total. The normalized spacial score (nSPS) is 22.2. The minimum absolute atomic E-state index is 0.0107. The Morgan fingerprint density at radius 1 is 1.26 bits per heavy atom. The molecule has 2 aromatic rings. The van der Waals surface area contributed by atoms with E-state index in [9.17, 15) is 23.1 Å². The molecular weight excluding hydrogens is 465 g/mol. The maximum Gasteiger partial charge on any atom is 0.416 e. The van der Waals surface area contributed by atoms with Crippen LogP contribution < -0.4 is 10.6 Å². The average molecular weight is 493 g/mol. The summed E-state index contributed by atoms with van der Waals surface area (Å²) in [5, 5.41) is 19.5. The summed E-state index contributed by atoms with van der Waals surface area (Å²) in [4.78, 5) is 25.4. The van der Waals surface area contributed by atoms with Crippen molar-refractivity contribution in [3.63, 3.8) is 0 Å². The van der Waals surface area contributed by atoms with Crippen LogP contribution in [0, 0.1) is 5.92 Å². The summed E-state index contributed by atoms with van der Waals surface area (Å²) in [6.07, 6.45) is -0.221. The minimum atomic E-state index is -4.49.